The largest absolute Gasteiger partial charge is 0.467 e. The van der Waals surface area contributed by atoms with Crippen molar-refractivity contribution in [2.45, 2.75) is 26.3 Å². The number of aromatic nitrogens is 2. The van der Waals surface area contributed by atoms with E-state index in [0.29, 0.717) is 12.4 Å². The van der Waals surface area contributed by atoms with E-state index >= 15 is 0 Å². The van der Waals surface area contributed by atoms with Gasteiger partial charge in [0.25, 0.3) is 0 Å². The van der Waals surface area contributed by atoms with Crippen LogP contribution in [0.25, 0.3) is 0 Å². The van der Waals surface area contributed by atoms with Crippen LogP contribution in [0.15, 0.2) is 28.9 Å². The Hall–Kier alpha value is -2.04. The zero-order valence-electron chi connectivity index (χ0n) is 10.8. The monoisotopic (exact) mass is 246 g/mol. The third kappa shape index (κ3) is 3.00. The SMILES string of the molecule is CCCc1nc(N)cc(N(C)Cc2ccco2)n1. The van der Waals surface area contributed by atoms with Crippen LogP contribution in [0, 0.1) is 0 Å². The Morgan fingerprint density at radius 2 is 2.22 bits per heavy atom. The summed E-state index contributed by atoms with van der Waals surface area (Å²) < 4.78 is 5.32. The van der Waals surface area contributed by atoms with E-state index in [4.69, 9.17) is 10.2 Å². The second kappa shape index (κ2) is 5.53. The van der Waals surface area contributed by atoms with Crippen molar-refractivity contribution in [1.82, 2.24) is 9.97 Å². The van der Waals surface area contributed by atoms with Gasteiger partial charge in [-0.2, -0.15) is 0 Å². The van der Waals surface area contributed by atoms with Gasteiger partial charge in [0.1, 0.15) is 23.2 Å². The molecule has 2 heterocycles. The molecule has 0 aliphatic rings. The lowest BCUT2D eigenvalue weighted by Crippen LogP contribution is -2.18. The number of nitrogen functional groups attached to an aromatic ring is 1. The van der Waals surface area contributed by atoms with E-state index in [-0.39, 0.29) is 0 Å². The average Bonchev–Trinajstić information content (AvgIpc) is 2.81. The predicted octanol–water partition coefficient (Wildman–Crippen LogP) is 2.24. The summed E-state index contributed by atoms with van der Waals surface area (Å²) in [7, 11) is 1.96. The van der Waals surface area contributed by atoms with Gasteiger partial charge >= 0.3 is 0 Å². The zero-order chi connectivity index (χ0) is 13.0. The number of nitrogens with zero attached hydrogens (tertiary/aromatic N) is 3. The molecule has 0 aromatic carbocycles. The maximum Gasteiger partial charge on any atom is 0.134 e. The summed E-state index contributed by atoms with van der Waals surface area (Å²) in [6.07, 6.45) is 3.51. The van der Waals surface area contributed by atoms with Gasteiger partial charge in [-0.3, -0.25) is 0 Å². The fourth-order valence-corrected chi connectivity index (χ4v) is 1.75. The zero-order valence-corrected chi connectivity index (χ0v) is 10.8. The standard InChI is InChI=1S/C13H18N4O/c1-3-5-12-15-11(14)8-13(16-12)17(2)9-10-6-4-7-18-10/h4,6-8H,3,5,9H2,1-2H3,(H2,14,15,16). The Bertz CT molecular complexity index is 496. The third-order valence-electron chi connectivity index (χ3n) is 2.62. The quantitative estimate of drug-likeness (QED) is 0.876. The molecule has 0 amide bonds. The molecular weight excluding hydrogens is 228 g/mol. The minimum atomic E-state index is 0.509. The maximum absolute atomic E-state index is 5.80. The van der Waals surface area contributed by atoms with Crippen molar-refractivity contribution in [1.29, 1.82) is 0 Å². The fourth-order valence-electron chi connectivity index (χ4n) is 1.75. The smallest absolute Gasteiger partial charge is 0.134 e. The van der Waals surface area contributed by atoms with Crippen LogP contribution in [-0.2, 0) is 13.0 Å². The van der Waals surface area contributed by atoms with Crippen molar-refractivity contribution in [3.05, 3.63) is 36.0 Å². The van der Waals surface area contributed by atoms with Gasteiger partial charge in [0.05, 0.1) is 12.8 Å². The van der Waals surface area contributed by atoms with E-state index in [1.54, 1.807) is 12.3 Å². The number of rotatable bonds is 5. The number of hydrogen-bond donors (Lipinski definition) is 1. The number of aryl methyl sites for hydroxylation is 1. The molecule has 5 nitrogen and oxygen atoms in total. The lowest BCUT2D eigenvalue weighted by molar-refractivity contribution is 0.506. The van der Waals surface area contributed by atoms with E-state index in [9.17, 15) is 0 Å². The average molecular weight is 246 g/mol. The van der Waals surface area contributed by atoms with Crippen LogP contribution >= 0.6 is 0 Å². The van der Waals surface area contributed by atoms with Crippen LogP contribution in [0.2, 0.25) is 0 Å². The Balaban J connectivity index is 2.16. The molecule has 2 N–H and O–H groups in total. The molecule has 2 aromatic rings. The van der Waals surface area contributed by atoms with Gasteiger partial charge in [0, 0.05) is 19.5 Å². The molecular formula is C13H18N4O. The predicted molar refractivity (Wildman–Crippen MR) is 71.3 cm³/mol. The van der Waals surface area contributed by atoms with Gasteiger partial charge in [0.2, 0.25) is 0 Å². The van der Waals surface area contributed by atoms with Crippen LogP contribution in [0.4, 0.5) is 11.6 Å². The van der Waals surface area contributed by atoms with Gasteiger partial charge in [-0.15, -0.1) is 0 Å². The van der Waals surface area contributed by atoms with Gasteiger partial charge in [-0.25, -0.2) is 9.97 Å². The molecule has 5 heteroatoms. The first-order chi connectivity index (χ1) is 8.69. The van der Waals surface area contributed by atoms with Crippen molar-refractivity contribution >= 4 is 11.6 Å². The third-order valence-corrected chi connectivity index (χ3v) is 2.62. The molecule has 18 heavy (non-hydrogen) atoms. The molecule has 0 unspecified atom stereocenters. The Morgan fingerprint density at radius 3 is 2.89 bits per heavy atom. The van der Waals surface area contributed by atoms with E-state index in [2.05, 4.69) is 16.9 Å². The Morgan fingerprint density at radius 1 is 1.39 bits per heavy atom. The van der Waals surface area contributed by atoms with Crippen molar-refractivity contribution in [2.24, 2.45) is 0 Å². The normalized spacial score (nSPS) is 10.6. The van der Waals surface area contributed by atoms with Crippen LogP contribution in [0.1, 0.15) is 24.9 Å². The molecule has 0 aliphatic carbocycles. The first-order valence-corrected chi connectivity index (χ1v) is 6.06. The van der Waals surface area contributed by atoms with Crippen molar-refractivity contribution in [3.63, 3.8) is 0 Å². The van der Waals surface area contributed by atoms with Crippen LogP contribution in [0.5, 0.6) is 0 Å². The molecule has 0 spiro atoms. The minimum Gasteiger partial charge on any atom is -0.467 e. The molecule has 0 aliphatic heterocycles. The van der Waals surface area contributed by atoms with Crippen LogP contribution < -0.4 is 10.6 Å². The summed E-state index contributed by atoms with van der Waals surface area (Å²) in [4.78, 5) is 10.7. The van der Waals surface area contributed by atoms with Gasteiger partial charge in [-0.05, 0) is 18.6 Å². The lowest BCUT2D eigenvalue weighted by atomic mass is 10.3. The molecule has 0 saturated heterocycles. The first-order valence-electron chi connectivity index (χ1n) is 6.06. The molecule has 0 radical (unpaired) electrons. The van der Waals surface area contributed by atoms with E-state index in [1.807, 2.05) is 24.1 Å². The summed E-state index contributed by atoms with van der Waals surface area (Å²) in [5.74, 6) is 3.02. The second-order valence-electron chi connectivity index (χ2n) is 4.25. The number of anilines is 2. The topological polar surface area (TPSA) is 68.2 Å². The molecule has 0 fully saturated rings. The molecule has 2 rings (SSSR count). The number of furan rings is 1. The molecule has 2 aromatic heterocycles. The van der Waals surface area contributed by atoms with E-state index in [0.717, 1.165) is 30.2 Å². The van der Waals surface area contributed by atoms with Crippen LogP contribution in [-0.4, -0.2) is 17.0 Å². The molecule has 0 saturated carbocycles. The highest BCUT2D eigenvalue weighted by atomic mass is 16.3. The van der Waals surface area contributed by atoms with Crippen molar-refractivity contribution in [2.75, 3.05) is 17.7 Å². The highest BCUT2D eigenvalue weighted by Gasteiger charge is 2.08. The lowest BCUT2D eigenvalue weighted by Gasteiger charge is -2.17. The van der Waals surface area contributed by atoms with Crippen LogP contribution in [0.3, 0.4) is 0 Å². The first kappa shape index (κ1) is 12.4. The molecule has 0 bridgehead atoms. The second-order valence-corrected chi connectivity index (χ2v) is 4.25. The Labute approximate surface area is 107 Å². The minimum absolute atomic E-state index is 0.509. The van der Waals surface area contributed by atoms with Crippen molar-refractivity contribution < 1.29 is 4.42 Å². The Kier molecular flexibility index (Phi) is 3.82. The summed E-state index contributed by atoms with van der Waals surface area (Å²) in [5, 5.41) is 0. The summed E-state index contributed by atoms with van der Waals surface area (Å²) >= 11 is 0. The fraction of sp³-hybridized carbons (Fsp3) is 0.385. The number of nitrogens with two attached hydrogens (primary N) is 1. The highest BCUT2D eigenvalue weighted by Crippen LogP contribution is 2.16. The van der Waals surface area contributed by atoms with E-state index < -0.39 is 0 Å². The summed E-state index contributed by atoms with van der Waals surface area (Å²) in [6, 6.07) is 5.59. The maximum atomic E-state index is 5.80. The summed E-state index contributed by atoms with van der Waals surface area (Å²) in [5.41, 5.74) is 5.80. The van der Waals surface area contributed by atoms with E-state index in [1.165, 1.54) is 0 Å². The molecule has 96 valence electrons. The highest BCUT2D eigenvalue weighted by molar-refractivity contribution is 5.46. The summed E-state index contributed by atoms with van der Waals surface area (Å²) in [6.45, 7) is 2.76. The molecule has 0 atom stereocenters. The van der Waals surface area contributed by atoms with Crippen molar-refractivity contribution in [3.8, 4) is 0 Å². The van der Waals surface area contributed by atoms with Gasteiger partial charge in [-0.1, -0.05) is 6.92 Å². The van der Waals surface area contributed by atoms with Gasteiger partial charge < -0.3 is 15.1 Å². The van der Waals surface area contributed by atoms with Gasteiger partial charge in [0.15, 0.2) is 0 Å². The number of hydrogen-bond acceptors (Lipinski definition) is 5.